The van der Waals surface area contributed by atoms with Gasteiger partial charge in [-0.3, -0.25) is 0 Å². The van der Waals surface area contributed by atoms with Crippen LogP contribution >= 0.6 is 0 Å². The van der Waals surface area contributed by atoms with Crippen LogP contribution in [0.15, 0.2) is 61.2 Å². The molecule has 2 aromatic carbocycles. The number of allylic oxidation sites excluding steroid dienone is 1. The number of hydrogen-bond acceptors (Lipinski definition) is 1. The molecule has 0 bridgehead atoms. The Morgan fingerprint density at radius 3 is 2.39 bits per heavy atom. The maximum absolute atomic E-state index is 10.8. The first-order chi connectivity index (χ1) is 8.72. The molecule has 0 saturated carbocycles. The number of rotatable bonds is 4. The second-order valence-corrected chi connectivity index (χ2v) is 4.03. The van der Waals surface area contributed by atoms with Crippen LogP contribution in [0.2, 0.25) is 0 Å². The van der Waals surface area contributed by atoms with Crippen LogP contribution in [-0.2, 0) is 6.42 Å². The van der Waals surface area contributed by atoms with Crippen molar-refractivity contribution in [1.82, 2.24) is 0 Å². The highest BCUT2D eigenvalue weighted by atomic mass is 16.4. The van der Waals surface area contributed by atoms with Crippen molar-refractivity contribution in [1.29, 1.82) is 0 Å². The van der Waals surface area contributed by atoms with Crippen molar-refractivity contribution in [3.63, 3.8) is 0 Å². The zero-order valence-electron chi connectivity index (χ0n) is 9.97. The molecule has 0 aliphatic rings. The van der Waals surface area contributed by atoms with Gasteiger partial charge in [0.2, 0.25) is 0 Å². The first-order valence-corrected chi connectivity index (χ1v) is 5.75. The van der Waals surface area contributed by atoms with E-state index in [1.807, 2.05) is 36.4 Å². The quantitative estimate of drug-likeness (QED) is 0.823. The lowest BCUT2D eigenvalue weighted by atomic mass is 9.97. The molecule has 0 aliphatic carbocycles. The van der Waals surface area contributed by atoms with Crippen molar-refractivity contribution in [2.75, 3.05) is 0 Å². The van der Waals surface area contributed by atoms with Gasteiger partial charge in [-0.2, -0.15) is 0 Å². The summed E-state index contributed by atoms with van der Waals surface area (Å²) < 4.78 is 0. The van der Waals surface area contributed by atoms with Gasteiger partial charge in [0.1, 0.15) is 0 Å². The summed E-state index contributed by atoms with van der Waals surface area (Å²) in [6.07, 6.45) is 2.67. The van der Waals surface area contributed by atoms with Crippen LogP contribution in [-0.4, -0.2) is 11.1 Å². The van der Waals surface area contributed by atoms with E-state index < -0.39 is 5.97 Å². The maximum Gasteiger partial charge on any atom is 0.335 e. The molecule has 0 radical (unpaired) electrons. The lowest BCUT2D eigenvalue weighted by molar-refractivity contribution is 0.0697. The van der Waals surface area contributed by atoms with Gasteiger partial charge in [0.15, 0.2) is 0 Å². The Balaban J connectivity index is 2.42. The number of carbonyl (C=O) groups is 1. The SMILES string of the molecule is C=CCc1ccccc1-c1ccc(C(=O)O)cc1. The molecule has 18 heavy (non-hydrogen) atoms. The van der Waals surface area contributed by atoms with Crippen molar-refractivity contribution in [2.45, 2.75) is 6.42 Å². The third-order valence-corrected chi connectivity index (χ3v) is 2.82. The Bertz CT molecular complexity index is 568. The monoisotopic (exact) mass is 238 g/mol. The van der Waals surface area contributed by atoms with Gasteiger partial charge in [0.25, 0.3) is 0 Å². The lowest BCUT2D eigenvalue weighted by Crippen LogP contribution is -1.95. The largest absolute Gasteiger partial charge is 0.478 e. The minimum atomic E-state index is -0.902. The van der Waals surface area contributed by atoms with Crippen LogP contribution in [0.3, 0.4) is 0 Å². The molecule has 0 fully saturated rings. The summed E-state index contributed by atoms with van der Waals surface area (Å²) in [7, 11) is 0. The third-order valence-electron chi connectivity index (χ3n) is 2.82. The van der Waals surface area contributed by atoms with Gasteiger partial charge in [0, 0.05) is 0 Å². The van der Waals surface area contributed by atoms with Gasteiger partial charge in [-0.1, -0.05) is 42.5 Å². The zero-order valence-corrected chi connectivity index (χ0v) is 9.97. The van der Waals surface area contributed by atoms with Crippen molar-refractivity contribution in [3.8, 4) is 11.1 Å². The predicted octanol–water partition coefficient (Wildman–Crippen LogP) is 3.78. The van der Waals surface area contributed by atoms with E-state index in [1.165, 1.54) is 5.56 Å². The summed E-state index contributed by atoms with van der Waals surface area (Å²) in [5.41, 5.74) is 3.64. The average molecular weight is 238 g/mol. The summed E-state index contributed by atoms with van der Waals surface area (Å²) in [6.45, 7) is 3.75. The Kier molecular flexibility index (Phi) is 3.58. The van der Waals surface area contributed by atoms with Crippen LogP contribution in [0.1, 0.15) is 15.9 Å². The van der Waals surface area contributed by atoms with Crippen LogP contribution in [0.4, 0.5) is 0 Å². The average Bonchev–Trinajstić information content (AvgIpc) is 2.40. The molecule has 2 rings (SSSR count). The van der Waals surface area contributed by atoms with Gasteiger partial charge in [-0.25, -0.2) is 4.79 Å². The summed E-state index contributed by atoms with van der Waals surface area (Å²) >= 11 is 0. The molecule has 0 spiro atoms. The van der Waals surface area contributed by atoms with Crippen LogP contribution in [0, 0.1) is 0 Å². The number of hydrogen-bond donors (Lipinski definition) is 1. The van der Waals surface area contributed by atoms with Crippen LogP contribution < -0.4 is 0 Å². The second-order valence-electron chi connectivity index (χ2n) is 4.03. The van der Waals surface area contributed by atoms with E-state index in [0.717, 1.165) is 17.5 Å². The zero-order chi connectivity index (χ0) is 13.0. The standard InChI is InChI=1S/C16H14O2/c1-2-5-12-6-3-4-7-15(12)13-8-10-14(11-9-13)16(17)18/h2-4,6-11H,1,5H2,(H,17,18). The molecule has 0 atom stereocenters. The Morgan fingerprint density at radius 1 is 1.11 bits per heavy atom. The minimum absolute atomic E-state index is 0.306. The van der Waals surface area contributed by atoms with Gasteiger partial charge in [-0.05, 0) is 35.2 Å². The second kappa shape index (κ2) is 5.32. The smallest absolute Gasteiger partial charge is 0.335 e. The number of carboxylic acids is 1. The lowest BCUT2D eigenvalue weighted by Gasteiger charge is -2.08. The van der Waals surface area contributed by atoms with E-state index in [1.54, 1.807) is 12.1 Å². The van der Waals surface area contributed by atoms with E-state index in [0.29, 0.717) is 5.56 Å². The highest BCUT2D eigenvalue weighted by molar-refractivity contribution is 5.88. The Hall–Kier alpha value is -2.35. The summed E-state index contributed by atoms with van der Waals surface area (Å²) in [5.74, 6) is -0.902. The molecular formula is C16H14O2. The molecule has 0 heterocycles. The summed E-state index contributed by atoms with van der Waals surface area (Å²) in [4.78, 5) is 10.8. The van der Waals surface area contributed by atoms with Gasteiger partial charge in [-0.15, -0.1) is 6.58 Å². The van der Waals surface area contributed by atoms with Gasteiger partial charge < -0.3 is 5.11 Å². The molecule has 2 heteroatoms. The molecule has 1 N–H and O–H groups in total. The fraction of sp³-hybridized carbons (Fsp3) is 0.0625. The highest BCUT2D eigenvalue weighted by Gasteiger charge is 2.05. The summed E-state index contributed by atoms with van der Waals surface area (Å²) in [6, 6.07) is 15.0. The first-order valence-electron chi connectivity index (χ1n) is 5.75. The fourth-order valence-electron chi connectivity index (χ4n) is 1.93. The summed E-state index contributed by atoms with van der Waals surface area (Å²) in [5, 5.41) is 8.87. The van der Waals surface area contributed by atoms with Crippen molar-refractivity contribution < 1.29 is 9.90 Å². The normalized spacial score (nSPS) is 10.0. The number of aromatic carboxylic acids is 1. The topological polar surface area (TPSA) is 37.3 Å². The number of carboxylic acid groups (broad SMARTS) is 1. The molecule has 90 valence electrons. The predicted molar refractivity (Wildman–Crippen MR) is 72.7 cm³/mol. The number of benzene rings is 2. The molecule has 0 unspecified atom stereocenters. The molecule has 0 aromatic heterocycles. The molecule has 2 aromatic rings. The van der Waals surface area contributed by atoms with Gasteiger partial charge >= 0.3 is 5.97 Å². The maximum atomic E-state index is 10.8. The molecule has 0 saturated heterocycles. The first kappa shape index (κ1) is 12.1. The van der Waals surface area contributed by atoms with Crippen molar-refractivity contribution >= 4 is 5.97 Å². The minimum Gasteiger partial charge on any atom is -0.478 e. The molecule has 0 aliphatic heterocycles. The Morgan fingerprint density at radius 2 is 1.78 bits per heavy atom. The van der Waals surface area contributed by atoms with Crippen LogP contribution in [0.5, 0.6) is 0 Å². The van der Waals surface area contributed by atoms with E-state index in [-0.39, 0.29) is 0 Å². The Labute approximate surface area is 106 Å². The van der Waals surface area contributed by atoms with E-state index >= 15 is 0 Å². The van der Waals surface area contributed by atoms with Crippen molar-refractivity contribution in [2.24, 2.45) is 0 Å². The molecule has 2 nitrogen and oxygen atoms in total. The van der Waals surface area contributed by atoms with E-state index in [9.17, 15) is 4.79 Å². The fourth-order valence-corrected chi connectivity index (χ4v) is 1.93. The van der Waals surface area contributed by atoms with E-state index in [4.69, 9.17) is 5.11 Å². The van der Waals surface area contributed by atoms with Gasteiger partial charge in [0.05, 0.1) is 5.56 Å². The third kappa shape index (κ3) is 2.48. The van der Waals surface area contributed by atoms with E-state index in [2.05, 4.69) is 12.6 Å². The molecular weight excluding hydrogens is 224 g/mol. The molecule has 0 amide bonds. The highest BCUT2D eigenvalue weighted by Crippen LogP contribution is 2.24. The van der Waals surface area contributed by atoms with Crippen LogP contribution in [0.25, 0.3) is 11.1 Å². The van der Waals surface area contributed by atoms with Crippen molar-refractivity contribution in [3.05, 3.63) is 72.3 Å².